The van der Waals surface area contributed by atoms with Gasteiger partial charge in [-0.25, -0.2) is 9.37 Å². The van der Waals surface area contributed by atoms with Crippen LogP contribution in [0.4, 0.5) is 10.3 Å². The maximum atomic E-state index is 13.9. The highest BCUT2D eigenvalue weighted by Crippen LogP contribution is 2.38. The van der Waals surface area contributed by atoms with Gasteiger partial charge < -0.3 is 37.9 Å². The van der Waals surface area contributed by atoms with E-state index >= 15 is 0 Å². The molecule has 1 amide bonds. The monoisotopic (exact) mass is 669 g/mol. The Balaban J connectivity index is 1.15. The first-order valence-electron chi connectivity index (χ1n) is 16.6. The molecule has 1 saturated heterocycles. The van der Waals surface area contributed by atoms with Crippen molar-refractivity contribution in [1.82, 2.24) is 19.4 Å². The molecule has 6 rings (SSSR count). The van der Waals surface area contributed by atoms with Gasteiger partial charge in [0.1, 0.15) is 11.6 Å². The van der Waals surface area contributed by atoms with E-state index in [4.69, 9.17) is 23.6 Å². The first-order chi connectivity index (χ1) is 23.9. The molecule has 1 fully saturated rings. The summed E-state index contributed by atoms with van der Waals surface area (Å²) in [7, 11) is 6.38. The summed E-state index contributed by atoms with van der Waals surface area (Å²) in [5.41, 5.74) is 3.48. The van der Waals surface area contributed by atoms with Crippen molar-refractivity contribution in [2.45, 2.75) is 25.3 Å². The Morgan fingerprint density at radius 3 is 2.39 bits per heavy atom. The number of fused-ring (bicyclic) bond motifs is 1. The summed E-state index contributed by atoms with van der Waals surface area (Å²) in [5.74, 6) is 2.65. The number of likely N-dealkylation sites (N-methyl/N-ethyl adjacent to an activating group) is 1. The molecule has 3 aromatic carbocycles. The van der Waals surface area contributed by atoms with Crippen molar-refractivity contribution in [1.29, 1.82) is 0 Å². The number of imidazole rings is 1. The molecule has 10 nitrogen and oxygen atoms in total. The summed E-state index contributed by atoms with van der Waals surface area (Å²) in [4.78, 5) is 25.3. The normalized spacial score (nSPS) is 14.4. The summed E-state index contributed by atoms with van der Waals surface area (Å²) in [6.07, 6.45) is 3.50. The molecule has 1 aliphatic rings. The van der Waals surface area contributed by atoms with Gasteiger partial charge in [0.15, 0.2) is 11.5 Å². The number of rotatable bonds is 13. The third kappa shape index (κ3) is 7.67. The Morgan fingerprint density at radius 2 is 1.69 bits per heavy atom. The Kier molecular flexibility index (Phi) is 10.7. The summed E-state index contributed by atoms with van der Waals surface area (Å²) in [5, 5.41) is 0. The molecular weight excluding hydrogens is 625 g/mol. The van der Waals surface area contributed by atoms with E-state index in [9.17, 15) is 9.18 Å². The Hall–Kier alpha value is -5.03. The predicted octanol–water partition coefficient (Wildman–Crippen LogP) is 6.30. The minimum Gasteiger partial charge on any atom is -0.493 e. The van der Waals surface area contributed by atoms with Gasteiger partial charge >= 0.3 is 0 Å². The number of amides is 1. The fraction of sp³-hybridized carbons (Fsp3) is 0.368. The van der Waals surface area contributed by atoms with E-state index in [0.717, 1.165) is 73.9 Å². The molecule has 3 heterocycles. The van der Waals surface area contributed by atoms with Crippen molar-refractivity contribution in [2.24, 2.45) is 0 Å². The average Bonchev–Trinajstić information content (AvgIpc) is 3.71. The van der Waals surface area contributed by atoms with Gasteiger partial charge in [0.05, 0.1) is 45.2 Å². The second-order valence-corrected chi connectivity index (χ2v) is 12.4. The third-order valence-electron chi connectivity index (χ3n) is 9.29. The fourth-order valence-electron chi connectivity index (χ4n) is 6.69. The van der Waals surface area contributed by atoms with Gasteiger partial charge in [-0.05, 0) is 80.0 Å². The smallest absolute Gasteiger partial charge is 0.253 e. The third-order valence-corrected chi connectivity index (χ3v) is 9.29. The summed E-state index contributed by atoms with van der Waals surface area (Å²) >= 11 is 0. The number of anilines is 1. The van der Waals surface area contributed by atoms with Crippen molar-refractivity contribution < 1.29 is 27.8 Å². The van der Waals surface area contributed by atoms with Gasteiger partial charge in [0.25, 0.3) is 5.91 Å². The fourth-order valence-corrected chi connectivity index (χ4v) is 6.69. The van der Waals surface area contributed by atoms with Crippen LogP contribution in [0.3, 0.4) is 0 Å². The highest BCUT2D eigenvalue weighted by Gasteiger charge is 2.25. The molecule has 0 spiro atoms. The van der Waals surface area contributed by atoms with E-state index in [0.29, 0.717) is 35.9 Å². The maximum absolute atomic E-state index is 13.9. The molecule has 49 heavy (non-hydrogen) atoms. The number of ether oxygens (including phenoxy) is 3. The van der Waals surface area contributed by atoms with Crippen LogP contribution in [0.1, 0.15) is 40.4 Å². The molecule has 0 bridgehead atoms. The van der Waals surface area contributed by atoms with Gasteiger partial charge in [0, 0.05) is 44.7 Å². The van der Waals surface area contributed by atoms with E-state index in [-0.39, 0.29) is 17.6 Å². The summed E-state index contributed by atoms with van der Waals surface area (Å²) in [6.45, 7) is 5.46. The number of para-hydroxylation sites is 2. The van der Waals surface area contributed by atoms with E-state index < -0.39 is 0 Å². The molecule has 0 radical (unpaired) electrons. The number of methoxy groups -OCH3 is 3. The second-order valence-electron chi connectivity index (χ2n) is 12.4. The van der Waals surface area contributed by atoms with Crippen LogP contribution in [-0.4, -0.2) is 92.9 Å². The van der Waals surface area contributed by atoms with Crippen molar-refractivity contribution in [3.05, 3.63) is 102 Å². The average molecular weight is 670 g/mol. The number of carbonyl (C=O) groups is 1. The summed E-state index contributed by atoms with van der Waals surface area (Å²) in [6, 6.07) is 22.1. The van der Waals surface area contributed by atoms with Gasteiger partial charge in [-0.1, -0.05) is 24.3 Å². The molecule has 5 aromatic rings. The van der Waals surface area contributed by atoms with Crippen molar-refractivity contribution >= 4 is 22.9 Å². The number of halogens is 1. The molecule has 258 valence electrons. The number of aromatic nitrogens is 2. The minimum absolute atomic E-state index is 0.00607. The van der Waals surface area contributed by atoms with Gasteiger partial charge in [-0.3, -0.25) is 4.79 Å². The van der Waals surface area contributed by atoms with Crippen LogP contribution in [-0.2, 0) is 6.54 Å². The van der Waals surface area contributed by atoms with Crippen LogP contribution < -0.4 is 19.1 Å². The molecule has 0 aliphatic carbocycles. The largest absolute Gasteiger partial charge is 0.493 e. The van der Waals surface area contributed by atoms with Crippen LogP contribution in [0, 0.1) is 5.82 Å². The van der Waals surface area contributed by atoms with E-state index in [2.05, 4.69) is 26.5 Å². The number of hydrogen-bond donors (Lipinski definition) is 0. The number of carbonyl (C=O) groups excluding carboxylic acids is 1. The van der Waals surface area contributed by atoms with Crippen molar-refractivity contribution in [3.8, 4) is 17.2 Å². The standard InChI is InChI=1S/C38H44FN5O5/c1-41(37(45)29-23-34(46-2)36(48-4)35(24-29)47-3)25-28(27-12-14-30(39)15-13-27)16-19-42-17-8-18-43(21-20-42)38-40-32-10-5-6-11-33(32)44(38)26-31-9-7-22-49-31/h5-7,9-15,22-24,28H,8,16-21,25-26H2,1-4H3. The van der Waals surface area contributed by atoms with Crippen LogP contribution in [0.5, 0.6) is 17.2 Å². The molecule has 0 saturated carbocycles. The topological polar surface area (TPSA) is 85.4 Å². The van der Waals surface area contributed by atoms with E-state index in [1.54, 1.807) is 30.3 Å². The number of hydrogen-bond acceptors (Lipinski definition) is 8. The molecular formula is C38H44FN5O5. The number of benzene rings is 3. The zero-order valence-electron chi connectivity index (χ0n) is 28.6. The predicted molar refractivity (Wildman–Crippen MR) is 188 cm³/mol. The molecule has 1 aliphatic heterocycles. The highest BCUT2D eigenvalue weighted by atomic mass is 19.1. The Bertz CT molecular complexity index is 1820. The number of furan rings is 1. The Labute approximate surface area is 286 Å². The Morgan fingerprint density at radius 1 is 0.939 bits per heavy atom. The van der Waals surface area contributed by atoms with Crippen LogP contribution in [0.2, 0.25) is 0 Å². The zero-order chi connectivity index (χ0) is 34.3. The molecule has 1 atom stereocenters. The lowest BCUT2D eigenvalue weighted by molar-refractivity contribution is 0.0782. The lowest BCUT2D eigenvalue weighted by Gasteiger charge is -2.28. The van der Waals surface area contributed by atoms with Crippen LogP contribution in [0.15, 0.2) is 83.5 Å². The van der Waals surface area contributed by atoms with Crippen molar-refractivity contribution in [3.63, 3.8) is 0 Å². The maximum Gasteiger partial charge on any atom is 0.253 e. The zero-order valence-corrected chi connectivity index (χ0v) is 28.6. The molecule has 1 unspecified atom stereocenters. The lowest BCUT2D eigenvalue weighted by Crippen LogP contribution is -2.35. The molecule has 11 heteroatoms. The van der Waals surface area contributed by atoms with Crippen LogP contribution >= 0.6 is 0 Å². The van der Waals surface area contributed by atoms with Gasteiger partial charge in [-0.15, -0.1) is 0 Å². The highest BCUT2D eigenvalue weighted by molar-refractivity contribution is 5.95. The summed E-state index contributed by atoms with van der Waals surface area (Å²) < 4.78 is 38.3. The minimum atomic E-state index is -0.282. The van der Waals surface area contributed by atoms with Crippen LogP contribution in [0.25, 0.3) is 11.0 Å². The van der Waals surface area contributed by atoms with Gasteiger partial charge in [-0.2, -0.15) is 0 Å². The number of nitrogens with zero attached hydrogens (tertiary/aromatic N) is 5. The first kappa shape index (κ1) is 33.9. The van der Waals surface area contributed by atoms with E-state index in [1.807, 2.05) is 36.4 Å². The molecule has 2 aromatic heterocycles. The van der Waals surface area contributed by atoms with Crippen molar-refractivity contribution in [2.75, 3.05) is 72.5 Å². The van der Waals surface area contributed by atoms with E-state index in [1.165, 1.54) is 33.5 Å². The quantitative estimate of drug-likeness (QED) is 0.145. The first-order valence-corrected chi connectivity index (χ1v) is 16.6. The second kappa shape index (κ2) is 15.5. The van der Waals surface area contributed by atoms with Gasteiger partial charge in [0.2, 0.25) is 11.7 Å². The SMILES string of the molecule is COc1cc(C(=O)N(C)CC(CCN2CCCN(c3nc4ccccc4n3Cc3ccco3)CC2)c2ccc(F)cc2)cc(OC)c1OC. The lowest BCUT2D eigenvalue weighted by atomic mass is 9.94. The molecule has 0 N–H and O–H groups in total.